The first-order chi connectivity index (χ1) is 6.11. The Balaban J connectivity index is 3.04. The average molecular weight is 181 g/mol. The Morgan fingerprint density at radius 3 is 2.62 bits per heavy atom. The lowest BCUT2D eigenvalue weighted by Gasteiger charge is -1.99. The highest BCUT2D eigenvalue weighted by molar-refractivity contribution is 5.89. The van der Waals surface area contributed by atoms with Gasteiger partial charge in [0.2, 0.25) is 6.54 Å². The van der Waals surface area contributed by atoms with E-state index in [1.54, 1.807) is 6.07 Å². The summed E-state index contributed by atoms with van der Waals surface area (Å²) in [5, 5.41) is 18.8. The predicted octanol–water partition coefficient (Wildman–Crippen LogP) is 1.16. The summed E-state index contributed by atoms with van der Waals surface area (Å²) in [6, 6.07) is 5.89. The molecule has 0 amide bonds. The molecule has 0 aromatic heterocycles. The molecule has 0 saturated carbocycles. The van der Waals surface area contributed by atoms with Crippen LogP contribution in [0.3, 0.4) is 0 Å². The van der Waals surface area contributed by atoms with Crippen LogP contribution in [0.1, 0.15) is 15.9 Å². The minimum absolute atomic E-state index is 0.0146. The summed E-state index contributed by atoms with van der Waals surface area (Å²) in [7, 11) is 0. The van der Waals surface area contributed by atoms with Gasteiger partial charge < -0.3 is 5.11 Å². The van der Waals surface area contributed by atoms with Crippen LogP contribution in [-0.4, -0.2) is 16.0 Å². The molecule has 0 heterocycles. The minimum Gasteiger partial charge on any atom is -0.478 e. The van der Waals surface area contributed by atoms with Crippen molar-refractivity contribution in [3.63, 3.8) is 0 Å². The zero-order valence-electron chi connectivity index (χ0n) is 6.64. The standard InChI is InChI=1S/C8H7NO4/c10-8(11)7-4-2-1-3-6(7)5-9(12)13/h1-4H,5H2,(H,10,11). The number of carboxylic acids is 1. The molecule has 5 heteroatoms. The number of nitrogens with zero attached hydrogens (tertiary/aromatic N) is 1. The van der Waals surface area contributed by atoms with Crippen LogP contribution in [-0.2, 0) is 6.54 Å². The van der Waals surface area contributed by atoms with E-state index in [9.17, 15) is 14.9 Å². The maximum atomic E-state index is 10.6. The highest BCUT2D eigenvalue weighted by Crippen LogP contribution is 2.09. The molecule has 0 aliphatic carbocycles. The van der Waals surface area contributed by atoms with Crippen LogP contribution in [0.25, 0.3) is 0 Å². The van der Waals surface area contributed by atoms with Crippen molar-refractivity contribution in [1.29, 1.82) is 0 Å². The SMILES string of the molecule is O=C(O)c1ccccc1C[N+](=O)[O-]. The molecule has 1 rings (SSSR count). The third kappa shape index (κ3) is 2.26. The zero-order valence-corrected chi connectivity index (χ0v) is 6.64. The van der Waals surface area contributed by atoms with Gasteiger partial charge >= 0.3 is 5.97 Å². The lowest BCUT2D eigenvalue weighted by atomic mass is 10.1. The Hall–Kier alpha value is -1.91. The van der Waals surface area contributed by atoms with Crippen molar-refractivity contribution in [3.05, 3.63) is 45.5 Å². The van der Waals surface area contributed by atoms with Gasteiger partial charge in [-0.2, -0.15) is 0 Å². The molecule has 0 aliphatic heterocycles. The molecular weight excluding hydrogens is 174 g/mol. The van der Waals surface area contributed by atoms with Gasteiger partial charge in [-0.15, -0.1) is 0 Å². The van der Waals surface area contributed by atoms with E-state index in [0.717, 1.165) is 0 Å². The summed E-state index contributed by atoms with van der Waals surface area (Å²) in [4.78, 5) is 20.2. The summed E-state index contributed by atoms with van der Waals surface area (Å²) < 4.78 is 0. The molecule has 0 spiro atoms. The number of hydrogen-bond donors (Lipinski definition) is 1. The fraction of sp³-hybridized carbons (Fsp3) is 0.125. The van der Waals surface area contributed by atoms with E-state index in [1.807, 2.05) is 0 Å². The van der Waals surface area contributed by atoms with Gasteiger partial charge in [-0.1, -0.05) is 18.2 Å². The Labute approximate surface area is 73.8 Å². The van der Waals surface area contributed by atoms with Crippen molar-refractivity contribution in [2.45, 2.75) is 6.54 Å². The number of carboxylic acid groups (broad SMARTS) is 1. The van der Waals surface area contributed by atoms with E-state index in [1.165, 1.54) is 18.2 Å². The van der Waals surface area contributed by atoms with Crippen molar-refractivity contribution in [2.24, 2.45) is 0 Å². The minimum atomic E-state index is -1.14. The van der Waals surface area contributed by atoms with Gasteiger partial charge in [-0.3, -0.25) is 10.1 Å². The summed E-state index contributed by atoms with van der Waals surface area (Å²) in [6.07, 6.45) is 0. The van der Waals surface area contributed by atoms with E-state index in [-0.39, 0.29) is 11.1 Å². The summed E-state index contributed by atoms with van der Waals surface area (Å²) in [5.41, 5.74) is 0.208. The first-order valence-corrected chi connectivity index (χ1v) is 3.54. The molecule has 5 nitrogen and oxygen atoms in total. The molecule has 0 radical (unpaired) electrons. The fourth-order valence-corrected chi connectivity index (χ4v) is 1.01. The van der Waals surface area contributed by atoms with E-state index in [4.69, 9.17) is 5.11 Å². The van der Waals surface area contributed by atoms with Crippen LogP contribution < -0.4 is 0 Å². The molecule has 0 saturated heterocycles. The van der Waals surface area contributed by atoms with Crippen LogP contribution >= 0.6 is 0 Å². The van der Waals surface area contributed by atoms with Gasteiger partial charge in [0.15, 0.2) is 0 Å². The summed E-state index contributed by atoms with van der Waals surface area (Å²) >= 11 is 0. The maximum Gasteiger partial charge on any atom is 0.336 e. The van der Waals surface area contributed by atoms with Crippen LogP contribution in [0.5, 0.6) is 0 Å². The van der Waals surface area contributed by atoms with Crippen molar-refractivity contribution < 1.29 is 14.8 Å². The highest BCUT2D eigenvalue weighted by atomic mass is 16.6. The zero-order chi connectivity index (χ0) is 9.84. The number of benzene rings is 1. The van der Waals surface area contributed by atoms with Gasteiger partial charge in [-0.05, 0) is 6.07 Å². The number of rotatable bonds is 3. The normalized spacial score (nSPS) is 9.54. The van der Waals surface area contributed by atoms with E-state index in [2.05, 4.69) is 0 Å². The third-order valence-corrected chi connectivity index (χ3v) is 1.55. The predicted molar refractivity (Wildman–Crippen MR) is 44.1 cm³/mol. The Kier molecular flexibility index (Phi) is 2.59. The molecule has 0 aliphatic rings. The van der Waals surface area contributed by atoms with Gasteiger partial charge in [-0.25, -0.2) is 4.79 Å². The van der Waals surface area contributed by atoms with Crippen LogP contribution in [0.15, 0.2) is 24.3 Å². The maximum absolute atomic E-state index is 10.6. The molecule has 1 N–H and O–H groups in total. The van der Waals surface area contributed by atoms with Gasteiger partial charge in [0.1, 0.15) is 0 Å². The molecule has 0 bridgehead atoms. The Morgan fingerprint density at radius 2 is 2.08 bits per heavy atom. The second-order valence-electron chi connectivity index (χ2n) is 2.45. The molecular formula is C8H7NO4. The number of carbonyl (C=O) groups is 1. The molecule has 0 atom stereocenters. The van der Waals surface area contributed by atoms with Crippen molar-refractivity contribution in [3.8, 4) is 0 Å². The Bertz CT molecular complexity index is 348. The number of hydrogen-bond acceptors (Lipinski definition) is 3. The topological polar surface area (TPSA) is 80.4 Å². The number of aromatic carboxylic acids is 1. The third-order valence-electron chi connectivity index (χ3n) is 1.55. The fourth-order valence-electron chi connectivity index (χ4n) is 1.01. The Morgan fingerprint density at radius 1 is 1.46 bits per heavy atom. The summed E-state index contributed by atoms with van der Waals surface area (Å²) in [5.74, 6) is -1.14. The largest absolute Gasteiger partial charge is 0.478 e. The first kappa shape index (κ1) is 9.18. The molecule has 68 valence electrons. The van der Waals surface area contributed by atoms with Crippen LogP contribution in [0, 0.1) is 10.1 Å². The summed E-state index contributed by atoms with van der Waals surface area (Å²) in [6.45, 7) is -0.456. The quantitative estimate of drug-likeness (QED) is 0.560. The lowest BCUT2D eigenvalue weighted by Crippen LogP contribution is -2.06. The lowest BCUT2D eigenvalue weighted by molar-refractivity contribution is -0.496. The molecule has 0 unspecified atom stereocenters. The van der Waals surface area contributed by atoms with Gasteiger partial charge in [0, 0.05) is 10.5 Å². The van der Waals surface area contributed by atoms with E-state index >= 15 is 0 Å². The monoisotopic (exact) mass is 181 g/mol. The second-order valence-corrected chi connectivity index (χ2v) is 2.45. The van der Waals surface area contributed by atoms with Crippen molar-refractivity contribution in [2.75, 3.05) is 0 Å². The van der Waals surface area contributed by atoms with Crippen LogP contribution in [0.2, 0.25) is 0 Å². The first-order valence-electron chi connectivity index (χ1n) is 3.54. The average Bonchev–Trinajstić information content (AvgIpc) is 2.03. The van der Waals surface area contributed by atoms with Gasteiger partial charge in [0.05, 0.1) is 5.56 Å². The highest BCUT2D eigenvalue weighted by Gasteiger charge is 2.12. The molecule has 13 heavy (non-hydrogen) atoms. The molecule has 1 aromatic carbocycles. The molecule has 0 fully saturated rings. The molecule has 1 aromatic rings. The van der Waals surface area contributed by atoms with Crippen molar-refractivity contribution in [1.82, 2.24) is 0 Å². The smallest absolute Gasteiger partial charge is 0.336 e. The van der Waals surface area contributed by atoms with Crippen LogP contribution in [0.4, 0.5) is 0 Å². The second kappa shape index (κ2) is 3.66. The van der Waals surface area contributed by atoms with Gasteiger partial charge in [0.25, 0.3) is 0 Å². The van der Waals surface area contributed by atoms with E-state index < -0.39 is 17.4 Å². The van der Waals surface area contributed by atoms with E-state index in [0.29, 0.717) is 0 Å². The van der Waals surface area contributed by atoms with Crippen molar-refractivity contribution >= 4 is 5.97 Å². The number of nitro groups is 1.